The van der Waals surface area contributed by atoms with Gasteiger partial charge in [-0.15, -0.1) is 0 Å². The average Bonchev–Trinajstić information content (AvgIpc) is 2.66. The van der Waals surface area contributed by atoms with Crippen molar-refractivity contribution in [1.29, 1.82) is 0 Å². The highest BCUT2D eigenvalue weighted by molar-refractivity contribution is 7.89. The number of aromatic hydroxyl groups is 1. The van der Waals surface area contributed by atoms with Crippen molar-refractivity contribution in [1.82, 2.24) is 10.1 Å². The van der Waals surface area contributed by atoms with E-state index in [-0.39, 0.29) is 17.3 Å². The lowest BCUT2D eigenvalue weighted by Gasteiger charge is -1.96. The first-order chi connectivity index (χ1) is 8.42. The molecule has 0 aliphatic rings. The SMILES string of the molecule is CS(=O)(=O)Cc1noc(Cc2ccc(O)cc2)n1. The van der Waals surface area contributed by atoms with Gasteiger partial charge >= 0.3 is 0 Å². The number of benzene rings is 1. The number of nitrogens with zero attached hydrogens (tertiary/aromatic N) is 2. The highest BCUT2D eigenvalue weighted by atomic mass is 32.2. The molecule has 6 nitrogen and oxygen atoms in total. The predicted molar refractivity (Wildman–Crippen MR) is 63.8 cm³/mol. The lowest BCUT2D eigenvalue weighted by Crippen LogP contribution is -2.02. The van der Waals surface area contributed by atoms with Crippen LogP contribution in [-0.4, -0.2) is 29.9 Å². The minimum absolute atomic E-state index is 0.159. The van der Waals surface area contributed by atoms with Crippen LogP contribution in [0.15, 0.2) is 28.8 Å². The molecule has 0 saturated heterocycles. The van der Waals surface area contributed by atoms with Crippen molar-refractivity contribution in [2.45, 2.75) is 12.2 Å². The summed E-state index contributed by atoms with van der Waals surface area (Å²) >= 11 is 0. The molecular weight excluding hydrogens is 256 g/mol. The molecule has 0 atom stereocenters. The molecule has 0 radical (unpaired) electrons. The third-order valence-electron chi connectivity index (χ3n) is 2.19. The molecule has 0 bridgehead atoms. The topological polar surface area (TPSA) is 93.3 Å². The zero-order valence-electron chi connectivity index (χ0n) is 9.70. The van der Waals surface area contributed by atoms with Crippen molar-refractivity contribution < 1.29 is 18.0 Å². The maximum absolute atomic E-state index is 11.1. The quantitative estimate of drug-likeness (QED) is 0.885. The van der Waals surface area contributed by atoms with Crippen molar-refractivity contribution in [3.05, 3.63) is 41.5 Å². The highest BCUT2D eigenvalue weighted by Gasteiger charge is 2.12. The maximum atomic E-state index is 11.1. The molecule has 7 heteroatoms. The molecule has 0 spiro atoms. The van der Waals surface area contributed by atoms with Crippen LogP contribution in [0, 0.1) is 0 Å². The maximum Gasteiger partial charge on any atom is 0.231 e. The van der Waals surface area contributed by atoms with E-state index in [2.05, 4.69) is 10.1 Å². The van der Waals surface area contributed by atoms with E-state index in [0.717, 1.165) is 11.8 Å². The lowest BCUT2D eigenvalue weighted by molar-refractivity contribution is 0.380. The first-order valence-corrected chi connectivity index (χ1v) is 7.25. The Balaban J connectivity index is 2.09. The first kappa shape index (κ1) is 12.6. The summed E-state index contributed by atoms with van der Waals surface area (Å²) in [6, 6.07) is 6.58. The zero-order chi connectivity index (χ0) is 13.2. The van der Waals surface area contributed by atoms with E-state index < -0.39 is 9.84 Å². The Morgan fingerprint density at radius 1 is 1.28 bits per heavy atom. The molecule has 1 aromatic heterocycles. The monoisotopic (exact) mass is 268 g/mol. The van der Waals surface area contributed by atoms with Crippen LogP contribution >= 0.6 is 0 Å². The van der Waals surface area contributed by atoms with Gasteiger partial charge in [0.2, 0.25) is 5.89 Å². The standard InChI is InChI=1S/C11H12N2O4S/c1-18(15,16)7-10-12-11(17-13-10)6-8-2-4-9(14)5-3-8/h2-5,14H,6-7H2,1H3. The van der Waals surface area contributed by atoms with Crippen LogP contribution in [0.2, 0.25) is 0 Å². The van der Waals surface area contributed by atoms with Gasteiger partial charge in [0, 0.05) is 6.26 Å². The lowest BCUT2D eigenvalue weighted by atomic mass is 10.1. The Labute approximate surface area is 104 Å². The fourth-order valence-electron chi connectivity index (χ4n) is 1.44. The summed E-state index contributed by atoms with van der Waals surface area (Å²) in [5, 5.41) is 12.7. The molecule has 2 rings (SSSR count). The molecule has 0 unspecified atom stereocenters. The molecule has 0 saturated carbocycles. The number of rotatable bonds is 4. The molecule has 0 aliphatic carbocycles. The fourth-order valence-corrected chi connectivity index (χ4v) is 2.03. The molecule has 1 aromatic carbocycles. The van der Waals surface area contributed by atoms with Crippen LogP contribution in [-0.2, 0) is 22.0 Å². The molecule has 96 valence electrons. The molecule has 0 amide bonds. The van der Waals surface area contributed by atoms with Gasteiger partial charge in [-0.2, -0.15) is 4.98 Å². The summed E-state index contributed by atoms with van der Waals surface area (Å²) in [7, 11) is -3.16. The predicted octanol–water partition coefficient (Wildman–Crippen LogP) is 0.911. The fraction of sp³-hybridized carbons (Fsp3) is 0.273. The van der Waals surface area contributed by atoms with Gasteiger partial charge in [0.15, 0.2) is 15.7 Å². The minimum atomic E-state index is -3.16. The molecule has 1 heterocycles. The van der Waals surface area contributed by atoms with Crippen molar-refractivity contribution >= 4 is 9.84 Å². The average molecular weight is 268 g/mol. The van der Waals surface area contributed by atoms with E-state index >= 15 is 0 Å². The smallest absolute Gasteiger partial charge is 0.231 e. The Morgan fingerprint density at radius 3 is 2.56 bits per heavy atom. The Kier molecular flexibility index (Phi) is 3.33. The largest absolute Gasteiger partial charge is 0.508 e. The van der Waals surface area contributed by atoms with Crippen molar-refractivity contribution in [2.24, 2.45) is 0 Å². The van der Waals surface area contributed by atoms with Gasteiger partial charge < -0.3 is 9.63 Å². The van der Waals surface area contributed by atoms with Crippen LogP contribution in [0.5, 0.6) is 5.75 Å². The molecule has 0 fully saturated rings. The van der Waals surface area contributed by atoms with Gasteiger partial charge in [0.1, 0.15) is 11.5 Å². The van der Waals surface area contributed by atoms with E-state index in [0.29, 0.717) is 12.3 Å². The Morgan fingerprint density at radius 2 is 1.94 bits per heavy atom. The van der Waals surface area contributed by atoms with Gasteiger partial charge in [0.25, 0.3) is 0 Å². The summed E-state index contributed by atoms with van der Waals surface area (Å²) in [5.74, 6) is 0.458. The van der Waals surface area contributed by atoms with Crippen molar-refractivity contribution in [3.63, 3.8) is 0 Å². The van der Waals surface area contributed by atoms with Gasteiger partial charge in [-0.1, -0.05) is 17.3 Å². The van der Waals surface area contributed by atoms with Crippen LogP contribution in [0.3, 0.4) is 0 Å². The number of hydrogen-bond donors (Lipinski definition) is 1. The van der Waals surface area contributed by atoms with E-state index in [1.165, 1.54) is 0 Å². The third-order valence-corrected chi connectivity index (χ3v) is 2.98. The van der Waals surface area contributed by atoms with Crippen molar-refractivity contribution in [2.75, 3.05) is 6.26 Å². The van der Waals surface area contributed by atoms with E-state index in [1.807, 2.05) is 0 Å². The Hall–Kier alpha value is -1.89. The van der Waals surface area contributed by atoms with Crippen LogP contribution in [0.1, 0.15) is 17.3 Å². The zero-order valence-corrected chi connectivity index (χ0v) is 10.5. The number of sulfone groups is 1. The summed E-state index contributed by atoms with van der Waals surface area (Å²) in [6.07, 6.45) is 1.51. The highest BCUT2D eigenvalue weighted by Crippen LogP contribution is 2.13. The second kappa shape index (κ2) is 4.77. The number of phenolic OH excluding ortho intramolecular Hbond substituents is 1. The van der Waals surface area contributed by atoms with Crippen LogP contribution < -0.4 is 0 Å². The summed E-state index contributed by atoms with van der Waals surface area (Å²) < 4.78 is 27.1. The summed E-state index contributed by atoms with van der Waals surface area (Å²) in [6.45, 7) is 0. The molecule has 1 N–H and O–H groups in total. The number of hydrogen-bond acceptors (Lipinski definition) is 6. The van der Waals surface area contributed by atoms with E-state index in [1.54, 1.807) is 24.3 Å². The van der Waals surface area contributed by atoms with E-state index in [4.69, 9.17) is 9.63 Å². The van der Waals surface area contributed by atoms with Crippen molar-refractivity contribution in [3.8, 4) is 5.75 Å². The van der Waals surface area contributed by atoms with Gasteiger partial charge in [-0.25, -0.2) is 8.42 Å². The second-order valence-electron chi connectivity index (χ2n) is 4.02. The van der Waals surface area contributed by atoms with Gasteiger partial charge in [0.05, 0.1) is 6.42 Å². The number of aromatic nitrogens is 2. The summed E-state index contributed by atoms with van der Waals surface area (Å²) in [5.41, 5.74) is 0.891. The molecule has 0 aliphatic heterocycles. The van der Waals surface area contributed by atoms with Gasteiger partial charge in [-0.05, 0) is 17.7 Å². The van der Waals surface area contributed by atoms with E-state index in [9.17, 15) is 8.42 Å². The Bertz CT molecular complexity index is 631. The normalized spacial score (nSPS) is 11.6. The summed E-state index contributed by atoms with van der Waals surface area (Å²) in [4.78, 5) is 3.99. The first-order valence-electron chi connectivity index (χ1n) is 5.19. The number of phenols is 1. The second-order valence-corrected chi connectivity index (χ2v) is 6.16. The molecule has 18 heavy (non-hydrogen) atoms. The molecular formula is C11H12N2O4S. The van der Waals surface area contributed by atoms with Crippen LogP contribution in [0.25, 0.3) is 0 Å². The van der Waals surface area contributed by atoms with Gasteiger partial charge in [-0.3, -0.25) is 0 Å². The minimum Gasteiger partial charge on any atom is -0.508 e. The van der Waals surface area contributed by atoms with Crippen LogP contribution in [0.4, 0.5) is 0 Å². The third kappa shape index (κ3) is 3.56. The molecule has 2 aromatic rings.